The number of hydrogen-bond donors (Lipinski definition) is 2. The summed E-state index contributed by atoms with van der Waals surface area (Å²) in [6.07, 6.45) is 0.729. The molecule has 0 spiro atoms. The van der Waals surface area contributed by atoms with Gasteiger partial charge in [-0.2, -0.15) is 0 Å². The largest absolute Gasteiger partial charge is 0.395 e. The molecule has 0 radical (unpaired) electrons. The van der Waals surface area contributed by atoms with Crippen LogP contribution in [0.2, 0.25) is 0 Å². The van der Waals surface area contributed by atoms with Gasteiger partial charge in [0, 0.05) is 18.7 Å². The summed E-state index contributed by atoms with van der Waals surface area (Å²) in [4.78, 5) is 1.99. The van der Waals surface area contributed by atoms with Crippen molar-refractivity contribution in [3.05, 3.63) is 35.4 Å². The number of benzene rings is 1. The van der Waals surface area contributed by atoms with Gasteiger partial charge in [-0.15, -0.1) is 0 Å². The van der Waals surface area contributed by atoms with Crippen LogP contribution in [0.3, 0.4) is 0 Å². The summed E-state index contributed by atoms with van der Waals surface area (Å²) in [5, 5.41) is 12.1. The molecule has 5 heteroatoms. The molecule has 0 saturated carbocycles. The Morgan fingerprint density at radius 3 is 2.37 bits per heavy atom. The van der Waals surface area contributed by atoms with E-state index >= 15 is 0 Å². The zero-order valence-electron chi connectivity index (χ0n) is 11.5. The molecule has 0 amide bonds. The Morgan fingerprint density at radius 2 is 1.84 bits per heavy atom. The lowest BCUT2D eigenvalue weighted by Gasteiger charge is -2.22. The average Bonchev–Trinajstić information content (AvgIpc) is 2.33. The predicted octanol–water partition coefficient (Wildman–Crippen LogP) is 1.93. The van der Waals surface area contributed by atoms with Crippen LogP contribution in [0.4, 0.5) is 8.78 Å². The van der Waals surface area contributed by atoms with Gasteiger partial charge in [0.05, 0.1) is 6.61 Å². The molecule has 3 nitrogen and oxygen atoms in total. The van der Waals surface area contributed by atoms with Gasteiger partial charge in [0.1, 0.15) is 11.6 Å². The number of aliphatic hydroxyl groups is 1. The zero-order valence-corrected chi connectivity index (χ0v) is 11.5. The van der Waals surface area contributed by atoms with Crippen LogP contribution in [-0.2, 0) is 0 Å². The highest BCUT2D eigenvalue weighted by molar-refractivity contribution is 5.21. The maximum absolute atomic E-state index is 13.2. The van der Waals surface area contributed by atoms with E-state index in [0.717, 1.165) is 25.6 Å². The molecular formula is C14H22F2N2O. The first-order valence-electron chi connectivity index (χ1n) is 6.55. The van der Waals surface area contributed by atoms with E-state index in [-0.39, 0.29) is 12.6 Å². The van der Waals surface area contributed by atoms with Gasteiger partial charge in [-0.25, -0.2) is 8.78 Å². The van der Waals surface area contributed by atoms with E-state index in [2.05, 4.69) is 5.32 Å². The molecule has 0 heterocycles. The number of halogens is 2. The minimum absolute atomic E-state index is 0.0867. The van der Waals surface area contributed by atoms with Crippen LogP contribution in [0.25, 0.3) is 0 Å². The van der Waals surface area contributed by atoms with Crippen molar-refractivity contribution in [2.75, 3.05) is 33.3 Å². The maximum Gasteiger partial charge on any atom is 0.126 e. The highest BCUT2D eigenvalue weighted by atomic mass is 19.1. The van der Waals surface area contributed by atoms with E-state index < -0.39 is 11.6 Å². The van der Waals surface area contributed by atoms with Crippen LogP contribution in [0, 0.1) is 11.6 Å². The molecule has 1 atom stereocenters. The first-order valence-corrected chi connectivity index (χ1v) is 6.55. The van der Waals surface area contributed by atoms with Crippen molar-refractivity contribution in [1.82, 2.24) is 10.2 Å². The fourth-order valence-electron chi connectivity index (χ4n) is 2.04. The Bertz CT molecular complexity index is 367. The molecule has 1 unspecified atom stereocenters. The summed E-state index contributed by atoms with van der Waals surface area (Å²) in [7, 11) is 1.91. The molecule has 0 saturated heterocycles. The second-order valence-corrected chi connectivity index (χ2v) is 4.63. The molecule has 0 bridgehead atoms. The van der Waals surface area contributed by atoms with Crippen molar-refractivity contribution in [2.24, 2.45) is 0 Å². The highest BCUT2D eigenvalue weighted by Crippen LogP contribution is 2.19. The molecule has 19 heavy (non-hydrogen) atoms. The summed E-state index contributed by atoms with van der Waals surface area (Å²) < 4.78 is 26.5. The van der Waals surface area contributed by atoms with Gasteiger partial charge in [-0.3, -0.25) is 0 Å². The Kier molecular flexibility index (Phi) is 6.91. The summed E-state index contributed by atoms with van der Waals surface area (Å²) in [6, 6.07) is 3.52. The van der Waals surface area contributed by atoms with Gasteiger partial charge in [0.25, 0.3) is 0 Å². The normalized spacial score (nSPS) is 12.9. The molecule has 2 N–H and O–H groups in total. The van der Waals surface area contributed by atoms with Crippen molar-refractivity contribution in [2.45, 2.75) is 19.4 Å². The summed E-state index contributed by atoms with van der Waals surface area (Å²) in [5.41, 5.74) is 0.622. The van der Waals surface area contributed by atoms with Gasteiger partial charge in [-0.1, -0.05) is 6.92 Å². The number of likely N-dealkylation sites (N-methyl/N-ethyl adjacent to an activating group) is 1. The van der Waals surface area contributed by atoms with Gasteiger partial charge < -0.3 is 15.3 Å². The van der Waals surface area contributed by atoms with Gasteiger partial charge >= 0.3 is 0 Å². The van der Waals surface area contributed by atoms with Crippen LogP contribution in [0.1, 0.15) is 24.9 Å². The standard InChI is InChI=1S/C14H22F2N2O/c1-3-17-14(4-5-18(2)6-7-19)11-8-12(15)10-13(16)9-11/h8-10,14,17,19H,3-7H2,1-2H3. The third-order valence-corrected chi connectivity index (χ3v) is 3.02. The van der Waals surface area contributed by atoms with Crippen LogP contribution in [-0.4, -0.2) is 43.3 Å². The molecule has 1 aromatic carbocycles. The summed E-state index contributed by atoms with van der Waals surface area (Å²) >= 11 is 0. The van der Waals surface area contributed by atoms with Crippen molar-refractivity contribution >= 4 is 0 Å². The number of nitrogens with one attached hydrogen (secondary N) is 1. The smallest absolute Gasteiger partial charge is 0.126 e. The molecule has 0 fully saturated rings. The van der Waals surface area contributed by atoms with Crippen molar-refractivity contribution in [1.29, 1.82) is 0 Å². The topological polar surface area (TPSA) is 35.5 Å². The Hall–Kier alpha value is -1.04. The Labute approximate surface area is 113 Å². The monoisotopic (exact) mass is 272 g/mol. The van der Waals surface area contributed by atoms with E-state index in [9.17, 15) is 8.78 Å². The average molecular weight is 272 g/mol. The lowest BCUT2D eigenvalue weighted by Crippen LogP contribution is -2.29. The van der Waals surface area contributed by atoms with Crippen molar-refractivity contribution in [3.8, 4) is 0 Å². The second-order valence-electron chi connectivity index (χ2n) is 4.63. The first kappa shape index (κ1) is 16.0. The minimum atomic E-state index is -0.554. The zero-order chi connectivity index (χ0) is 14.3. The third kappa shape index (κ3) is 5.63. The van der Waals surface area contributed by atoms with E-state index in [1.54, 1.807) is 0 Å². The number of hydrogen-bond acceptors (Lipinski definition) is 3. The fourth-order valence-corrected chi connectivity index (χ4v) is 2.04. The fraction of sp³-hybridized carbons (Fsp3) is 0.571. The molecule has 1 rings (SSSR count). The quantitative estimate of drug-likeness (QED) is 0.759. The molecule has 0 aliphatic heterocycles. The number of aliphatic hydroxyl groups excluding tert-OH is 1. The first-order chi connectivity index (χ1) is 9.06. The van der Waals surface area contributed by atoms with Crippen LogP contribution in [0.5, 0.6) is 0 Å². The third-order valence-electron chi connectivity index (χ3n) is 3.02. The Balaban J connectivity index is 2.70. The van der Waals surface area contributed by atoms with E-state index in [4.69, 9.17) is 5.11 Å². The van der Waals surface area contributed by atoms with Gasteiger partial charge in [0.15, 0.2) is 0 Å². The number of rotatable bonds is 8. The van der Waals surface area contributed by atoms with Crippen molar-refractivity contribution < 1.29 is 13.9 Å². The summed E-state index contributed by atoms with van der Waals surface area (Å²) in [5.74, 6) is -1.11. The molecular weight excluding hydrogens is 250 g/mol. The number of nitrogens with zero attached hydrogens (tertiary/aromatic N) is 1. The summed E-state index contributed by atoms with van der Waals surface area (Å²) in [6.45, 7) is 4.14. The van der Waals surface area contributed by atoms with Gasteiger partial charge in [-0.05, 0) is 44.3 Å². The van der Waals surface area contributed by atoms with Gasteiger partial charge in [0.2, 0.25) is 0 Å². The highest BCUT2D eigenvalue weighted by Gasteiger charge is 2.13. The minimum Gasteiger partial charge on any atom is -0.395 e. The van der Waals surface area contributed by atoms with Crippen LogP contribution < -0.4 is 5.32 Å². The molecule has 0 aliphatic rings. The van der Waals surface area contributed by atoms with Crippen LogP contribution >= 0.6 is 0 Å². The SMILES string of the molecule is CCNC(CCN(C)CCO)c1cc(F)cc(F)c1. The lowest BCUT2D eigenvalue weighted by molar-refractivity contribution is 0.215. The predicted molar refractivity (Wildman–Crippen MR) is 72.0 cm³/mol. The molecule has 108 valence electrons. The second kappa shape index (κ2) is 8.19. The lowest BCUT2D eigenvalue weighted by atomic mass is 10.0. The molecule has 0 aromatic heterocycles. The maximum atomic E-state index is 13.2. The Morgan fingerprint density at radius 1 is 1.21 bits per heavy atom. The van der Waals surface area contributed by atoms with E-state index in [0.29, 0.717) is 12.1 Å². The van der Waals surface area contributed by atoms with Crippen molar-refractivity contribution in [3.63, 3.8) is 0 Å². The molecule has 0 aliphatic carbocycles. The van der Waals surface area contributed by atoms with E-state index in [1.807, 2.05) is 18.9 Å². The molecule has 1 aromatic rings. The van der Waals surface area contributed by atoms with Crippen LogP contribution in [0.15, 0.2) is 18.2 Å². The van der Waals surface area contributed by atoms with E-state index in [1.165, 1.54) is 12.1 Å².